The second kappa shape index (κ2) is 5.99. The van der Waals surface area contributed by atoms with Gasteiger partial charge in [0.25, 0.3) is 5.88 Å². The van der Waals surface area contributed by atoms with Gasteiger partial charge in [-0.1, -0.05) is 23.7 Å². The maximum atomic E-state index is 10.9. The third-order valence-corrected chi connectivity index (χ3v) is 2.97. The van der Waals surface area contributed by atoms with E-state index in [1.165, 1.54) is 12.3 Å². The fourth-order valence-corrected chi connectivity index (χ4v) is 1.84. The highest BCUT2D eigenvalue weighted by molar-refractivity contribution is 9.10. The minimum absolute atomic E-state index is 0.0110. The molecule has 0 fully saturated rings. The predicted molar refractivity (Wildman–Crippen MR) is 74.4 cm³/mol. The monoisotopic (exact) mass is 342 g/mol. The first-order valence-electron chi connectivity index (χ1n) is 5.23. The number of aromatic nitrogens is 1. The summed E-state index contributed by atoms with van der Waals surface area (Å²) in [5.41, 5.74) is 0.673. The standard InChI is InChI=1S/C12H8BrClN2O3/c13-9-5-11(16(17)18)12(15-6-9)19-7-8-1-3-10(14)4-2-8/h1-6H,7H2. The van der Waals surface area contributed by atoms with Gasteiger partial charge in [-0.15, -0.1) is 0 Å². The summed E-state index contributed by atoms with van der Waals surface area (Å²) in [6.07, 6.45) is 1.45. The summed E-state index contributed by atoms with van der Waals surface area (Å²) in [5, 5.41) is 11.5. The van der Waals surface area contributed by atoms with Gasteiger partial charge >= 0.3 is 5.69 Å². The molecule has 0 spiro atoms. The van der Waals surface area contributed by atoms with Crippen molar-refractivity contribution in [2.75, 3.05) is 0 Å². The molecule has 0 aliphatic heterocycles. The van der Waals surface area contributed by atoms with Crippen LogP contribution in [0.3, 0.4) is 0 Å². The maximum absolute atomic E-state index is 10.9. The first-order chi connectivity index (χ1) is 9.06. The highest BCUT2D eigenvalue weighted by Crippen LogP contribution is 2.27. The molecule has 0 saturated carbocycles. The van der Waals surface area contributed by atoms with E-state index in [-0.39, 0.29) is 18.2 Å². The van der Waals surface area contributed by atoms with Crippen LogP contribution in [0.5, 0.6) is 5.88 Å². The lowest BCUT2D eigenvalue weighted by molar-refractivity contribution is -0.386. The first-order valence-corrected chi connectivity index (χ1v) is 6.40. The van der Waals surface area contributed by atoms with Gasteiger partial charge in [-0.05, 0) is 33.6 Å². The van der Waals surface area contributed by atoms with Crippen LogP contribution in [0.15, 0.2) is 41.0 Å². The van der Waals surface area contributed by atoms with E-state index < -0.39 is 4.92 Å². The van der Waals surface area contributed by atoms with Gasteiger partial charge in [0, 0.05) is 21.8 Å². The Morgan fingerprint density at radius 1 is 1.37 bits per heavy atom. The van der Waals surface area contributed by atoms with Crippen LogP contribution < -0.4 is 4.74 Å². The van der Waals surface area contributed by atoms with Gasteiger partial charge in [0.2, 0.25) is 0 Å². The van der Waals surface area contributed by atoms with Crippen LogP contribution >= 0.6 is 27.5 Å². The highest BCUT2D eigenvalue weighted by Gasteiger charge is 2.17. The molecule has 1 aromatic carbocycles. The van der Waals surface area contributed by atoms with Crippen molar-refractivity contribution in [1.82, 2.24) is 4.98 Å². The van der Waals surface area contributed by atoms with E-state index in [0.29, 0.717) is 9.50 Å². The molecular weight excluding hydrogens is 336 g/mol. The Kier molecular flexibility index (Phi) is 4.34. The van der Waals surface area contributed by atoms with Crippen molar-refractivity contribution in [2.45, 2.75) is 6.61 Å². The molecule has 0 radical (unpaired) electrons. The van der Waals surface area contributed by atoms with Gasteiger partial charge in [-0.25, -0.2) is 4.98 Å². The van der Waals surface area contributed by atoms with Gasteiger partial charge in [0.15, 0.2) is 0 Å². The van der Waals surface area contributed by atoms with Crippen LogP contribution in [0.1, 0.15) is 5.56 Å². The number of benzene rings is 1. The normalized spacial score (nSPS) is 10.2. The van der Waals surface area contributed by atoms with E-state index >= 15 is 0 Å². The average molecular weight is 344 g/mol. The molecule has 7 heteroatoms. The SMILES string of the molecule is O=[N+]([O-])c1cc(Br)cnc1OCc1ccc(Cl)cc1. The van der Waals surface area contributed by atoms with Gasteiger partial charge in [0.05, 0.1) is 4.92 Å². The molecule has 0 N–H and O–H groups in total. The molecule has 2 rings (SSSR count). The van der Waals surface area contributed by atoms with E-state index in [2.05, 4.69) is 20.9 Å². The fraction of sp³-hybridized carbons (Fsp3) is 0.0833. The molecule has 0 aliphatic carbocycles. The number of pyridine rings is 1. The van der Waals surface area contributed by atoms with E-state index in [1.807, 2.05) is 0 Å². The molecule has 19 heavy (non-hydrogen) atoms. The molecule has 1 heterocycles. The third kappa shape index (κ3) is 3.65. The summed E-state index contributed by atoms with van der Waals surface area (Å²) in [6, 6.07) is 8.37. The number of halogens is 2. The van der Waals surface area contributed by atoms with Crippen LogP contribution in [0.2, 0.25) is 5.02 Å². The molecule has 0 amide bonds. The van der Waals surface area contributed by atoms with Gasteiger partial charge in [0.1, 0.15) is 6.61 Å². The fourth-order valence-electron chi connectivity index (χ4n) is 1.39. The zero-order valence-electron chi connectivity index (χ0n) is 9.55. The van der Waals surface area contributed by atoms with Crippen LogP contribution in [0, 0.1) is 10.1 Å². The quantitative estimate of drug-likeness (QED) is 0.622. The molecular formula is C12H8BrClN2O3. The van der Waals surface area contributed by atoms with Crippen molar-refractivity contribution in [3.05, 3.63) is 61.7 Å². The molecule has 0 aliphatic rings. The van der Waals surface area contributed by atoms with E-state index in [0.717, 1.165) is 5.56 Å². The topological polar surface area (TPSA) is 65.3 Å². The van der Waals surface area contributed by atoms with Gasteiger partial charge in [-0.3, -0.25) is 10.1 Å². The Labute approximate surface area is 122 Å². The lowest BCUT2D eigenvalue weighted by Crippen LogP contribution is -2.01. The number of hydrogen-bond acceptors (Lipinski definition) is 4. The minimum atomic E-state index is -0.533. The Morgan fingerprint density at radius 3 is 2.68 bits per heavy atom. The lowest BCUT2D eigenvalue weighted by Gasteiger charge is -2.06. The molecule has 2 aromatic rings. The Balaban J connectivity index is 2.15. The summed E-state index contributed by atoms with van der Waals surface area (Å²) in [4.78, 5) is 14.2. The minimum Gasteiger partial charge on any atom is -0.468 e. The molecule has 1 aromatic heterocycles. The van der Waals surface area contributed by atoms with Crippen LogP contribution in [-0.4, -0.2) is 9.91 Å². The van der Waals surface area contributed by atoms with Crippen molar-refractivity contribution in [2.24, 2.45) is 0 Å². The number of rotatable bonds is 4. The van der Waals surface area contributed by atoms with Crippen molar-refractivity contribution in [3.63, 3.8) is 0 Å². The molecule has 0 saturated heterocycles. The maximum Gasteiger partial charge on any atom is 0.332 e. The zero-order valence-corrected chi connectivity index (χ0v) is 11.9. The lowest BCUT2D eigenvalue weighted by atomic mass is 10.2. The summed E-state index contributed by atoms with van der Waals surface area (Å²) in [6.45, 7) is 0.187. The summed E-state index contributed by atoms with van der Waals surface area (Å²) in [7, 11) is 0. The predicted octanol–water partition coefficient (Wildman–Crippen LogP) is 3.98. The molecule has 0 atom stereocenters. The number of nitrogens with zero attached hydrogens (tertiary/aromatic N) is 2. The smallest absolute Gasteiger partial charge is 0.332 e. The Hall–Kier alpha value is -1.66. The molecule has 5 nitrogen and oxygen atoms in total. The summed E-state index contributed by atoms with van der Waals surface area (Å²) in [5.74, 6) is -0.0110. The average Bonchev–Trinajstić information content (AvgIpc) is 2.39. The van der Waals surface area contributed by atoms with Crippen LogP contribution in [0.4, 0.5) is 5.69 Å². The van der Waals surface area contributed by atoms with Crippen molar-refractivity contribution >= 4 is 33.2 Å². The second-order valence-corrected chi connectivity index (χ2v) is 5.00. The Bertz CT molecular complexity index is 604. The van der Waals surface area contributed by atoms with E-state index in [1.54, 1.807) is 24.3 Å². The Morgan fingerprint density at radius 2 is 2.05 bits per heavy atom. The molecule has 0 bridgehead atoms. The zero-order chi connectivity index (χ0) is 13.8. The van der Waals surface area contributed by atoms with Crippen molar-refractivity contribution in [3.8, 4) is 5.88 Å². The summed E-state index contributed by atoms with van der Waals surface area (Å²) >= 11 is 8.90. The first kappa shape index (κ1) is 13.8. The number of hydrogen-bond donors (Lipinski definition) is 0. The van der Waals surface area contributed by atoms with Gasteiger partial charge < -0.3 is 4.74 Å². The van der Waals surface area contributed by atoms with Crippen LogP contribution in [-0.2, 0) is 6.61 Å². The van der Waals surface area contributed by atoms with Gasteiger partial charge in [-0.2, -0.15) is 0 Å². The van der Waals surface area contributed by atoms with Crippen LogP contribution in [0.25, 0.3) is 0 Å². The summed E-state index contributed by atoms with van der Waals surface area (Å²) < 4.78 is 5.89. The third-order valence-electron chi connectivity index (χ3n) is 2.28. The van der Waals surface area contributed by atoms with Crippen molar-refractivity contribution in [1.29, 1.82) is 0 Å². The largest absolute Gasteiger partial charge is 0.468 e. The molecule has 98 valence electrons. The number of nitro groups is 1. The molecule has 0 unspecified atom stereocenters. The van der Waals surface area contributed by atoms with Crippen molar-refractivity contribution < 1.29 is 9.66 Å². The highest BCUT2D eigenvalue weighted by atomic mass is 79.9. The van der Waals surface area contributed by atoms with E-state index in [9.17, 15) is 10.1 Å². The number of ether oxygens (including phenoxy) is 1. The van der Waals surface area contributed by atoms with E-state index in [4.69, 9.17) is 16.3 Å². The second-order valence-electron chi connectivity index (χ2n) is 3.65.